The molecule has 0 amide bonds. The first kappa shape index (κ1) is 8.84. The maximum absolute atomic E-state index is 11.8. The molecule has 0 aliphatic heterocycles. The van der Waals surface area contributed by atoms with Crippen molar-refractivity contribution < 1.29 is 13.2 Å². The first-order valence-corrected chi connectivity index (χ1v) is 3.82. The van der Waals surface area contributed by atoms with E-state index in [1.54, 1.807) is 0 Å². The van der Waals surface area contributed by atoms with Gasteiger partial charge in [-0.25, -0.2) is 0 Å². The van der Waals surface area contributed by atoms with Gasteiger partial charge in [0.15, 0.2) is 0 Å². The molecule has 1 aliphatic rings. The van der Waals surface area contributed by atoms with Gasteiger partial charge in [0.25, 0.3) is 0 Å². The Kier molecular flexibility index (Phi) is 2.42. The largest absolute Gasteiger partial charge is 0.403 e. The third-order valence-electron chi connectivity index (χ3n) is 2.23. The molecular weight excluding hydrogens is 155 g/mol. The van der Waals surface area contributed by atoms with Crippen molar-refractivity contribution in [3.63, 3.8) is 0 Å². The SMILES string of the molecule is NC(CC1CCC1)C(F)(F)F. The summed E-state index contributed by atoms with van der Waals surface area (Å²) in [4.78, 5) is 0. The molecule has 1 unspecified atom stereocenters. The standard InChI is InChI=1S/C7H12F3N/c8-7(9,10)6(11)4-5-2-1-3-5/h5-6H,1-4,11H2. The molecule has 2 N–H and O–H groups in total. The third kappa shape index (κ3) is 2.36. The lowest BCUT2D eigenvalue weighted by atomic mass is 9.81. The van der Waals surface area contributed by atoms with E-state index < -0.39 is 12.2 Å². The Morgan fingerprint density at radius 2 is 1.91 bits per heavy atom. The topological polar surface area (TPSA) is 26.0 Å². The minimum Gasteiger partial charge on any atom is -0.320 e. The minimum atomic E-state index is -4.20. The molecule has 0 radical (unpaired) electrons. The average molecular weight is 167 g/mol. The predicted molar refractivity (Wildman–Crippen MR) is 36.0 cm³/mol. The van der Waals surface area contributed by atoms with E-state index >= 15 is 0 Å². The number of hydrogen-bond donors (Lipinski definition) is 1. The highest BCUT2D eigenvalue weighted by molar-refractivity contribution is 4.79. The molecule has 0 aromatic rings. The molecule has 11 heavy (non-hydrogen) atoms. The van der Waals surface area contributed by atoms with E-state index in [1.165, 1.54) is 0 Å². The summed E-state index contributed by atoms with van der Waals surface area (Å²) in [6, 6.07) is -1.60. The molecule has 0 aromatic heterocycles. The molecular formula is C7H12F3N. The maximum atomic E-state index is 11.8. The van der Waals surface area contributed by atoms with Crippen LogP contribution in [0.5, 0.6) is 0 Å². The second kappa shape index (κ2) is 3.01. The second-order valence-electron chi connectivity index (χ2n) is 3.18. The van der Waals surface area contributed by atoms with Gasteiger partial charge in [-0.2, -0.15) is 13.2 Å². The lowest BCUT2D eigenvalue weighted by Gasteiger charge is -2.28. The Morgan fingerprint density at radius 1 is 1.36 bits per heavy atom. The summed E-state index contributed by atoms with van der Waals surface area (Å²) in [5.74, 6) is 0.228. The van der Waals surface area contributed by atoms with Crippen LogP contribution in [0.1, 0.15) is 25.7 Å². The predicted octanol–water partition coefficient (Wildman–Crippen LogP) is 2.07. The summed E-state index contributed by atoms with van der Waals surface area (Å²) in [7, 11) is 0. The molecule has 0 bridgehead atoms. The fourth-order valence-electron chi connectivity index (χ4n) is 1.22. The van der Waals surface area contributed by atoms with Crippen LogP contribution in [0.15, 0.2) is 0 Å². The van der Waals surface area contributed by atoms with Gasteiger partial charge >= 0.3 is 6.18 Å². The van der Waals surface area contributed by atoms with Crippen molar-refractivity contribution in [3.8, 4) is 0 Å². The molecule has 0 aromatic carbocycles. The molecule has 66 valence electrons. The van der Waals surface area contributed by atoms with E-state index in [9.17, 15) is 13.2 Å². The molecule has 4 heteroatoms. The van der Waals surface area contributed by atoms with Gasteiger partial charge in [0.2, 0.25) is 0 Å². The van der Waals surface area contributed by atoms with Gasteiger partial charge in [-0.05, 0) is 12.3 Å². The minimum absolute atomic E-state index is 0.115. The van der Waals surface area contributed by atoms with Crippen LogP contribution < -0.4 is 5.73 Å². The fourth-order valence-corrected chi connectivity index (χ4v) is 1.22. The van der Waals surface area contributed by atoms with Crippen molar-refractivity contribution in [1.82, 2.24) is 0 Å². The molecule has 1 aliphatic carbocycles. The number of nitrogens with two attached hydrogens (primary N) is 1. The summed E-state index contributed by atoms with van der Waals surface area (Å²) in [6.07, 6.45) is -1.18. The van der Waals surface area contributed by atoms with E-state index in [-0.39, 0.29) is 12.3 Å². The van der Waals surface area contributed by atoms with E-state index in [0.717, 1.165) is 19.3 Å². The molecule has 0 saturated heterocycles. The highest BCUT2D eigenvalue weighted by Gasteiger charge is 2.38. The van der Waals surface area contributed by atoms with Crippen molar-refractivity contribution in [2.24, 2.45) is 11.7 Å². The van der Waals surface area contributed by atoms with Crippen LogP contribution >= 0.6 is 0 Å². The molecule has 0 heterocycles. The molecule has 1 rings (SSSR count). The van der Waals surface area contributed by atoms with Crippen LogP contribution in [0.25, 0.3) is 0 Å². The normalized spacial score (nSPS) is 22.9. The third-order valence-corrected chi connectivity index (χ3v) is 2.23. The lowest BCUT2D eigenvalue weighted by Crippen LogP contribution is -2.39. The zero-order valence-electron chi connectivity index (χ0n) is 6.19. The smallest absolute Gasteiger partial charge is 0.320 e. The Bertz CT molecular complexity index is 128. The van der Waals surface area contributed by atoms with Crippen LogP contribution in [-0.2, 0) is 0 Å². The first-order valence-electron chi connectivity index (χ1n) is 3.82. The van der Waals surface area contributed by atoms with Gasteiger partial charge in [-0.15, -0.1) is 0 Å². The van der Waals surface area contributed by atoms with Crippen LogP contribution in [-0.4, -0.2) is 12.2 Å². The van der Waals surface area contributed by atoms with Crippen LogP contribution in [0.3, 0.4) is 0 Å². The summed E-state index contributed by atoms with van der Waals surface area (Å²) < 4.78 is 35.5. The lowest BCUT2D eigenvalue weighted by molar-refractivity contribution is -0.152. The van der Waals surface area contributed by atoms with Crippen LogP contribution in [0.4, 0.5) is 13.2 Å². The molecule has 1 atom stereocenters. The van der Waals surface area contributed by atoms with E-state index in [4.69, 9.17) is 5.73 Å². The summed E-state index contributed by atoms with van der Waals surface area (Å²) in [5, 5.41) is 0. The number of rotatable bonds is 2. The molecule has 0 spiro atoms. The molecule has 1 saturated carbocycles. The Morgan fingerprint density at radius 3 is 2.18 bits per heavy atom. The van der Waals surface area contributed by atoms with Gasteiger partial charge in [-0.1, -0.05) is 19.3 Å². The van der Waals surface area contributed by atoms with Crippen molar-refractivity contribution in [3.05, 3.63) is 0 Å². The Balaban J connectivity index is 2.24. The quantitative estimate of drug-likeness (QED) is 0.669. The summed E-state index contributed by atoms with van der Waals surface area (Å²) >= 11 is 0. The fraction of sp³-hybridized carbons (Fsp3) is 1.00. The molecule has 1 fully saturated rings. The molecule has 1 nitrogen and oxygen atoms in total. The van der Waals surface area contributed by atoms with Crippen molar-refractivity contribution in [2.75, 3.05) is 0 Å². The van der Waals surface area contributed by atoms with Gasteiger partial charge in [0, 0.05) is 0 Å². The summed E-state index contributed by atoms with van der Waals surface area (Å²) in [5.41, 5.74) is 4.94. The number of alkyl halides is 3. The van der Waals surface area contributed by atoms with E-state index in [1.807, 2.05) is 0 Å². The van der Waals surface area contributed by atoms with E-state index in [0.29, 0.717) is 0 Å². The van der Waals surface area contributed by atoms with Gasteiger partial charge < -0.3 is 5.73 Å². The average Bonchev–Trinajstić information content (AvgIpc) is 1.75. The van der Waals surface area contributed by atoms with Crippen LogP contribution in [0, 0.1) is 5.92 Å². The zero-order chi connectivity index (χ0) is 8.48. The Hall–Kier alpha value is -0.250. The monoisotopic (exact) mass is 167 g/mol. The van der Waals surface area contributed by atoms with Crippen molar-refractivity contribution >= 4 is 0 Å². The zero-order valence-corrected chi connectivity index (χ0v) is 6.19. The van der Waals surface area contributed by atoms with Gasteiger partial charge in [-0.3, -0.25) is 0 Å². The van der Waals surface area contributed by atoms with E-state index in [2.05, 4.69) is 0 Å². The van der Waals surface area contributed by atoms with Gasteiger partial charge in [0.1, 0.15) is 6.04 Å². The van der Waals surface area contributed by atoms with Gasteiger partial charge in [0.05, 0.1) is 0 Å². The highest BCUT2D eigenvalue weighted by atomic mass is 19.4. The summed E-state index contributed by atoms with van der Waals surface area (Å²) in [6.45, 7) is 0. The number of halogens is 3. The number of hydrogen-bond acceptors (Lipinski definition) is 1. The second-order valence-corrected chi connectivity index (χ2v) is 3.18. The maximum Gasteiger partial charge on any atom is 0.403 e. The first-order chi connectivity index (χ1) is 5.00. The van der Waals surface area contributed by atoms with Crippen molar-refractivity contribution in [2.45, 2.75) is 37.9 Å². The Labute approximate surface area is 63.8 Å². The highest BCUT2D eigenvalue weighted by Crippen LogP contribution is 2.33. The van der Waals surface area contributed by atoms with Crippen LogP contribution in [0.2, 0.25) is 0 Å². The van der Waals surface area contributed by atoms with Crippen molar-refractivity contribution in [1.29, 1.82) is 0 Å².